The van der Waals surface area contributed by atoms with Crippen LogP contribution in [0.2, 0.25) is 0 Å². The molecular weight excluding hydrogens is 482 g/mol. The fourth-order valence-corrected chi connectivity index (χ4v) is 4.23. The molecule has 0 aliphatic heterocycles. The van der Waals surface area contributed by atoms with E-state index in [-0.39, 0.29) is 40.2 Å². The first kappa shape index (κ1) is 27.2. The number of aliphatic hydroxyl groups is 1. The Hall–Kier alpha value is -3.37. The second-order valence-electron chi connectivity index (χ2n) is 9.26. The zero-order chi connectivity index (χ0) is 26.5. The fourth-order valence-electron chi connectivity index (χ4n) is 3.22. The second-order valence-corrected chi connectivity index (χ2v) is 10.9. The van der Waals surface area contributed by atoms with Crippen LogP contribution in [-0.2, 0) is 15.4 Å². The second kappa shape index (κ2) is 11.1. The van der Waals surface area contributed by atoms with Crippen molar-refractivity contribution in [3.63, 3.8) is 0 Å². The summed E-state index contributed by atoms with van der Waals surface area (Å²) in [5.41, 5.74) is 0.884. The van der Waals surface area contributed by atoms with Crippen LogP contribution in [0.15, 0.2) is 53.4 Å². The molecular formula is C26H33N3O6S. The molecule has 0 saturated carbocycles. The summed E-state index contributed by atoms with van der Waals surface area (Å²) < 4.78 is 46.2. The zero-order valence-electron chi connectivity index (χ0n) is 21.4. The van der Waals surface area contributed by atoms with E-state index < -0.39 is 16.1 Å². The molecule has 2 N–H and O–H groups in total. The molecule has 36 heavy (non-hydrogen) atoms. The number of hydrogen-bond acceptors (Lipinski definition) is 8. The lowest BCUT2D eigenvalue weighted by Crippen LogP contribution is -2.19. The predicted octanol–water partition coefficient (Wildman–Crippen LogP) is 4.83. The first-order valence-corrected chi connectivity index (χ1v) is 13.1. The molecule has 1 aromatic heterocycles. The van der Waals surface area contributed by atoms with Crippen LogP contribution in [0.3, 0.4) is 0 Å². The van der Waals surface area contributed by atoms with Gasteiger partial charge < -0.3 is 19.3 Å². The highest BCUT2D eigenvalue weighted by atomic mass is 32.2. The van der Waals surface area contributed by atoms with Gasteiger partial charge in [0.1, 0.15) is 12.4 Å². The van der Waals surface area contributed by atoms with Crippen LogP contribution in [0.25, 0.3) is 0 Å². The van der Waals surface area contributed by atoms with Crippen molar-refractivity contribution in [2.75, 3.05) is 18.4 Å². The van der Waals surface area contributed by atoms with Gasteiger partial charge in [-0.2, -0.15) is 4.98 Å². The maximum atomic E-state index is 13.3. The molecule has 10 heteroatoms. The van der Waals surface area contributed by atoms with Crippen molar-refractivity contribution in [2.45, 2.75) is 57.5 Å². The number of nitrogens with zero attached hydrogens (tertiary/aromatic N) is 2. The van der Waals surface area contributed by atoms with Gasteiger partial charge in [0.05, 0.1) is 18.1 Å². The van der Waals surface area contributed by atoms with Gasteiger partial charge in [0.25, 0.3) is 15.9 Å². The summed E-state index contributed by atoms with van der Waals surface area (Å²) >= 11 is 0. The Morgan fingerprint density at radius 2 is 1.67 bits per heavy atom. The Balaban J connectivity index is 2.05. The number of aryl methyl sites for hydroxylation is 1. The van der Waals surface area contributed by atoms with Gasteiger partial charge in [-0.1, -0.05) is 52.0 Å². The Morgan fingerprint density at radius 3 is 2.25 bits per heavy atom. The Labute approximate surface area is 212 Å². The van der Waals surface area contributed by atoms with Crippen molar-refractivity contribution in [1.29, 1.82) is 0 Å². The Bertz CT molecular complexity index is 1290. The summed E-state index contributed by atoms with van der Waals surface area (Å²) in [6.07, 6.45) is -0.266. The topological polar surface area (TPSA) is 120 Å². The van der Waals surface area contributed by atoms with E-state index in [4.69, 9.17) is 14.2 Å². The molecule has 0 fully saturated rings. The molecule has 0 radical (unpaired) electrons. The molecule has 0 spiro atoms. The Kier molecular flexibility index (Phi) is 8.42. The number of anilines is 1. The van der Waals surface area contributed by atoms with Gasteiger partial charge in [-0.3, -0.25) is 4.72 Å². The first-order chi connectivity index (χ1) is 16.9. The summed E-state index contributed by atoms with van der Waals surface area (Å²) in [5.74, 6) is 0.816. The van der Waals surface area contributed by atoms with E-state index in [0.29, 0.717) is 17.9 Å². The molecule has 1 atom stereocenters. The summed E-state index contributed by atoms with van der Waals surface area (Å²) in [6, 6.07) is 13.5. The third kappa shape index (κ3) is 6.64. The molecule has 0 bridgehead atoms. The first-order valence-electron chi connectivity index (χ1n) is 11.6. The number of methoxy groups -OCH3 is 1. The van der Waals surface area contributed by atoms with E-state index in [9.17, 15) is 13.5 Å². The molecule has 0 saturated heterocycles. The van der Waals surface area contributed by atoms with Crippen molar-refractivity contribution < 1.29 is 27.7 Å². The minimum Gasteiger partial charge on any atom is -0.493 e. The van der Waals surface area contributed by atoms with Crippen molar-refractivity contribution in [1.82, 2.24) is 9.97 Å². The molecule has 2 aromatic carbocycles. The molecule has 0 amide bonds. The van der Waals surface area contributed by atoms with Crippen LogP contribution in [0.1, 0.15) is 45.5 Å². The van der Waals surface area contributed by atoms with E-state index in [1.54, 1.807) is 55.5 Å². The number of nitrogens with one attached hydrogen (secondary N) is 1. The maximum absolute atomic E-state index is 13.3. The predicted molar refractivity (Wildman–Crippen MR) is 138 cm³/mol. The lowest BCUT2D eigenvalue weighted by molar-refractivity contribution is 0.1000. The van der Waals surface area contributed by atoms with E-state index in [2.05, 4.69) is 35.5 Å². The monoisotopic (exact) mass is 515 g/mol. The quantitative estimate of drug-likeness (QED) is 0.394. The summed E-state index contributed by atoms with van der Waals surface area (Å²) in [6.45, 7) is 9.52. The van der Waals surface area contributed by atoms with Crippen LogP contribution < -0.4 is 18.9 Å². The standard InChI is InChI=1S/C26H33N3O6S/c1-7-19(30)16-34-25-23(35-22-11-9-8-10-21(22)33-6)24(27-17(2)28-25)29-36(31,32)20-14-12-18(13-15-20)26(3,4)5/h8-15,19,30H,7,16H2,1-6H3,(H,27,28,29). The van der Waals surface area contributed by atoms with Crippen molar-refractivity contribution >= 4 is 15.8 Å². The van der Waals surface area contributed by atoms with Crippen molar-refractivity contribution in [2.24, 2.45) is 0 Å². The normalized spacial score (nSPS) is 12.6. The number of para-hydroxylation sites is 2. The number of aromatic nitrogens is 2. The molecule has 3 aromatic rings. The number of ether oxygens (including phenoxy) is 3. The number of hydrogen-bond donors (Lipinski definition) is 2. The van der Waals surface area contributed by atoms with Gasteiger partial charge in [0, 0.05) is 0 Å². The summed E-state index contributed by atoms with van der Waals surface area (Å²) in [4.78, 5) is 8.65. The van der Waals surface area contributed by atoms with Gasteiger partial charge in [-0.05, 0) is 48.6 Å². The molecule has 0 aliphatic rings. The van der Waals surface area contributed by atoms with Gasteiger partial charge in [-0.15, -0.1) is 0 Å². The lowest BCUT2D eigenvalue weighted by atomic mass is 9.87. The lowest BCUT2D eigenvalue weighted by Gasteiger charge is -2.20. The minimum absolute atomic E-state index is 0.0123. The average molecular weight is 516 g/mol. The molecule has 1 unspecified atom stereocenters. The molecule has 9 nitrogen and oxygen atoms in total. The SMILES string of the molecule is CCC(O)COc1nc(C)nc(NS(=O)(=O)c2ccc(C(C)(C)C)cc2)c1Oc1ccccc1OC. The highest BCUT2D eigenvalue weighted by Gasteiger charge is 2.25. The van der Waals surface area contributed by atoms with Gasteiger partial charge >= 0.3 is 0 Å². The minimum atomic E-state index is -4.03. The largest absolute Gasteiger partial charge is 0.493 e. The Morgan fingerprint density at radius 1 is 1.03 bits per heavy atom. The van der Waals surface area contributed by atoms with Crippen molar-refractivity contribution in [3.05, 3.63) is 59.9 Å². The van der Waals surface area contributed by atoms with Crippen LogP contribution >= 0.6 is 0 Å². The molecule has 0 aliphatic carbocycles. The average Bonchev–Trinajstić information content (AvgIpc) is 2.83. The van der Waals surface area contributed by atoms with Gasteiger partial charge in [0.2, 0.25) is 5.75 Å². The summed E-state index contributed by atoms with van der Waals surface area (Å²) in [5, 5.41) is 9.99. The number of benzene rings is 2. The molecule has 1 heterocycles. The smallest absolute Gasteiger partial charge is 0.263 e. The number of rotatable bonds is 10. The van der Waals surface area contributed by atoms with Crippen LogP contribution in [0, 0.1) is 6.92 Å². The van der Waals surface area contributed by atoms with E-state index in [1.165, 1.54) is 7.11 Å². The van der Waals surface area contributed by atoms with Gasteiger partial charge in [0.15, 0.2) is 17.3 Å². The van der Waals surface area contributed by atoms with Gasteiger partial charge in [-0.25, -0.2) is 13.4 Å². The third-order valence-corrected chi connectivity index (χ3v) is 6.73. The van der Waals surface area contributed by atoms with Crippen LogP contribution in [0.5, 0.6) is 23.1 Å². The maximum Gasteiger partial charge on any atom is 0.263 e. The number of sulfonamides is 1. The number of aliphatic hydroxyl groups excluding tert-OH is 1. The molecule has 3 rings (SSSR count). The van der Waals surface area contributed by atoms with E-state index in [0.717, 1.165) is 5.56 Å². The summed E-state index contributed by atoms with van der Waals surface area (Å²) in [7, 11) is -2.54. The zero-order valence-corrected chi connectivity index (χ0v) is 22.2. The highest BCUT2D eigenvalue weighted by Crippen LogP contribution is 2.40. The van der Waals surface area contributed by atoms with E-state index >= 15 is 0 Å². The molecule has 194 valence electrons. The fraction of sp³-hybridized carbons (Fsp3) is 0.385. The van der Waals surface area contributed by atoms with E-state index in [1.807, 2.05) is 6.92 Å². The van der Waals surface area contributed by atoms with Crippen LogP contribution in [-0.4, -0.2) is 43.3 Å². The van der Waals surface area contributed by atoms with Crippen LogP contribution in [0.4, 0.5) is 5.82 Å². The third-order valence-electron chi connectivity index (χ3n) is 5.37. The van der Waals surface area contributed by atoms with Crippen molar-refractivity contribution in [3.8, 4) is 23.1 Å². The highest BCUT2D eigenvalue weighted by molar-refractivity contribution is 7.92.